The van der Waals surface area contributed by atoms with Gasteiger partial charge in [-0.25, -0.2) is 4.79 Å². The van der Waals surface area contributed by atoms with Gasteiger partial charge in [0.2, 0.25) is 0 Å². The number of pyridine rings is 1. The van der Waals surface area contributed by atoms with Crippen molar-refractivity contribution < 1.29 is 9.53 Å². The number of aromatic nitrogens is 3. The second-order valence-electron chi connectivity index (χ2n) is 9.01. The van der Waals surface area contributed by atoms with Gasteiger partial charge in [-0.15, -0.1) is 0 Å². The largest absolute Gasteiger partial charge is 0.468 e. The normalized spacial score (nSPS) is 11.2. The Morgan fingerprint density at radius 2 is 1.81 bits per heavy atom. The maximum absolute atomic E-state index is 13.8. The van der Waals surface area contributed by atoms with E-state index in [-0.39, 0.29) is 24.6 Å². The SMILES string of the molecule is CC(C)c1ccccc1-c1ncc2c(c1Cc1ccc(Cl)cc1)c(=O)n(CCCOC=O)c(=O)n2C. The molecule has 0 unspecified atom stereocenters. The Bertz CT molecular complexity index is 1520. The number of fused-ring (bicyclic) bond motifs is 1. The lowest BCUT2D eigenvalue weighted by molar-refractivity contribution is -0.128. The summed E-state index contributed by atoms with van der Waals surface area (Å²) in [6.07, 6.45) is 2.39. The summed E-state index contributed by atoms with van der Waals surface area (Å²) in [5.41, 5.74) is 4.17. The number of aryl methyl sites for hydroxylation is 1. The predicted molar refractivity (Wildman–Crippen MR) is 142 cm³/mol. The molecule has 2 aromatic heterocycles. The molecule has 0 saturated carbocycles. The molecule has 2 heterocycles. The summed E-state index contributed by atoms with van der Waals surface area (Å²) in [5, 5.41) is 1.08. The van der Waals surface area contributed by atoms with Crippen molar-refractivity contribution in [3.8, 4) is 11.3 Å². The molecular formula is C28H28ClN3O4. The summed E-state index contributed by atoms with van der Waals surface area (Å²) in [6.45, 7) is 4.86. The molecule has 0 N–H and O–H groups in total. The highest BCUT2D eigenvalue weighted by Crippen LogP contribution is 2.33. The molecule has 0 aliphatic carbocycles. The summed E-state index contributed by atoms with van der Waals surface area (Å²) < 4.78 is 7.41. The van der Waals surface area contributed by atoms with Gasteiger partial charge in [-0.05, 0) is 41.2 Å². The third kappa shape index (κ3) is 4.97. The quantitative estimate of drug-likeness (QED) is 0.243. The minimum absolute atomic E-state index is 0.123. The number of hydrogen-bond donors (Lipinski definition) is 0. The van der Waals surface area contributed by atoms with Crippen LogP contribution in [0.1, 0.15) is 42.9 Å². The summed E-state index contributed by atoms with van der Waals surface area (Å²) in [5.74, 6) is 0.247. The third-order valence-electron chi connectivity index (χ3n) is 6.34. The predicted octanol–water partition coefficient (Wildman–Crippen LogP) is 4.69. The van der Waals surface area contributed by atoms with Crippen molar-refractivity contribution in [1.82, 2.24) is 14.1 Å². The zero-order chi connectivity index (χ0) is 25.8. The van der Waals surface area contributed by atoms with Gasteiger partial charge >= 0.3 is 5.69 Å². The smallest absolute Gasteiger partial charge is 0.331 e. The number of halogens is 1. The molecule has 0 aliphatic rings. The fourth-order valence-electron chi connectivity index (χ4n) is 4.52. The molecule has 0 saturated heterocycles. The van der Waals surface area contributed by atoms with Crippen LogP contribution in [0.3, 0.4) is 0 Å². The molecule has 0 bridgehead atoms. The van der Waals surface area contributed by atoms with Crippen LogP contribution in [0.5, 0.6) is 0 Å². The standard InChI is InChI=1S/C28H28ClN3O4/c1-18(2)21-7-4-5-8-22(21)26-23(15-19-9-11-20(29)12-10-19)25-24(16-30-26)31(3)28(35)32(27(25)34)13-6-14-36-17-33/h4-5,7-12,16-18H,6,13-15H2,1-3H3. The van der Waals surface area contributed by atoms with Crippen LogP contribution in [-0.2, 0) is 29.5 Å². The highest BCUT2D eigenvalue weighted by molar-refractivity contribution is 6.30. The number of nitrogens with zero attached hydrogens (tertiary/aromatic N) is 3. The fourth-order valence-corrected chi connectivity index (χ4v) is 4.64. The van der Waals surface area contributed by atoms with Gasteiger partial charge < -0.3 is 4.74 Å². The minimum Gasteiger partial charge on any atom is -0.468 e. The van der Waals surface area contributed by atoms with Gasteiger partial charge in [0.1, 0.15) is 0 Å². The summed E-state index contributed by atoms with van der Waals surface area (Å²) in [4.78, 5) is 42.2. The minimum atomic E-state index is -0.437. The van der Waals surface area contributed by atoms with Crippen molar-refractivity contribution in [2.75, 3.05) is 6.61 Å². The Hall–Kier alpha value is -3.71. The molecule has 4 rings (SSSR count). The number of benzene rings is 2. The zero-order valence-electron chi connectivity index (χ0n) is 20.5. The first kappa shape index (κ1) is 25.4. The fraction of sp³-hybridized carbons (Fsp3) is 0.286. The number of ether oxygens (including phenoxy) is 1. The van der Waals surface area contributed by atoms with E-state index in [4.69, 9.17) is 21.3 Å². The van der Waals surface area contributed by atoms with Crippen molar-refractivity contribution >= 4 is 29.0 Å². The van der Waals surface area contributed by atoms with E-state index in [1.165, 1.54) is 9.13 Å². The molecule has 0 radical (unpaired) electrons. The van der Waals surface area contributed by atoms with E-state index in [9.17, 15) is 14.4 Å². The molecule has 4 aromatic rings. The average Bonchev–Trinajstić information content (AvgIpc) is 2.88. The highest BCUT2D eigenvalue weighted by atomic mass is 35.5. The van der Waals surface area contributed by atoms with Crippen molar-refractivity contribution in [3.63, 3.8) is 0 Å². The summed E-state index contributed by atoms with van der Waals surface area (Å²) >= 11 is 6.11. The van der Waals surface area contributed by atoms with E-state index in [0.29, 0.717) is 40.9 Å². The monoisotopic (exact) mass is 505 g/mol. The van der Waals surface area contributed by atoms with Crippen LogP contribution in [0.4, 0.5) is 0 Å². The van der Waals surface area contributed by atoms with Crippen LogP contribution in [-0.4, -0.2) is 27.2 Å². The van der Waals surface area contributed by atoms with Crippen LogP contribution in [0, 0.1) is 0 Å². The number of carbonyl (C=O) groups is 1. The molecule has 0 aliphatic heterocycles. The van der Waals surface area contributed by atoms with Gasteiger partial charge in [-0.3, -0.25) is 23.7 Å². The molecule has 0 amide bonds. The molecule has 7 nitrogen and oxygen atoms in total. The average molecular weight is 506 g/mol. The van der Waals surface area contributed by atoms with Gasteiger partial charge in [0.15, 0.2) is 0 Å². The van der Waals surface area contributed by atoms with Crippen LogP contribution < -0.4 is 11.2 Å². The second kappa shape index (κ2) is 10.9. The molecule has 0 fully saturated rings. The van der Waals surface area contributed by atoms with Gasteiger partial charge in [0.25, 0.3) is 12.0 Å². The van der Waals surface area contributed by atoms with E-state index in [0.717, 1.165) is 22.3 Å². The van der Waals surface area contributed by atoms with Crippen LogP contribution in [0.2, 0.25) is 5.02 Å². The molecule has 8 heteroatoms. The lowest BCUT2D eigenvalue weighted by Gasteiger charge is -2.19. The Morgan fingerprint density at radius 1 is 1.08 bits per heavy atom. The summed E-state index contributed by atoms with van der Waals surface area (Å²) in [6, 6.07) is 15.5. The first-order valence-electron chi connectivity index (χ1n) is 11.8. The molecule has 186 valence electrons. The topological polar surface area (TPSA) is 83.2 Å². The first-order chi connectivity index (χ1) is 17.3. The third-order valence-corrected chi connectivity index (χ3v) is 6.59. The molecule has 0 spiro atoms. The maximum atomic E-state index is 13.8. The number of rotatable bonds is 9. The van der Waals surface area contributed by atoms with Crippen molar-refractivity contribution in [2.45, 2.75) is 39.2 Å². The van der Waals surface area contributed by atoms with E-state index in [2.05, 4.69) is 19.9 Å². The van der Waals surface area contributed by atoms with E-state index >= 15 is 0 Å². The van der Waals surface area contributed by atoms with Gasteiger partial charge in [-0.2, -0.15) is 0 Å². The molecule has 0 atom stereocenters. The molecule has 36 heavy (non-hydrogen) atoms. The molecular weight excluding hydrogens is 478 g/mol. The van der Waals surface area contributed by atoms with E-state index < -0.39 is 5.69 Å². The highest BCUT2D eigenvalue weighted by Gasteiger charge is 2.21. The van der Waals surface area contributed by atoms with Crippen LogP contribution in [0.15, 0.2) is 64.3 Å². The number of carbonyl (C=O) groups excluding carboxylic acids is 1. The Balaban J connectivity index is 2.02. The maximum Gasteiger partial charge on any atom is 0.331 e. The number of hydrogen-bond acceptors (Lipinski definition) is 5. The zero-order valence-corrected chi connectivity index (χ0v) is 21.3. The van der Waals surface area contributed by atoms with Crippen molar-refractivity contribution in [1.29, 1.82) is 0 Å². The first-order valence-corrected chi connectivity index (χ1v) is 12.2. The second-order valence-corrected chi connectivity index (χ2v) is 9.45. The van der Waals surface area contributed by atoms with Crippen molar-refractivity contribution in [3.05, 3.63) is 97.3 Å². The van der Waals surface area contributed by atoms with Crippen LogP contribution >= 0.6 is 11.6 Å². The molecule has 2 aromatic carbocycles. The Morgan fingerprint density at radius 3 is 2.50 bits per heavy atom. The lowest BCUT2D eigenvalue weighted by Crippen LogP contribution is -2.40. The Labute approximate surface area is 213 Å². The Kier molecular flexibility index (Phi) is 7.70. The summed E-state index contributed by atoms with van der Waals surface area (Å²) in [7, 11) is 1.64. The van der Waals surface area contributed by atoms with E-state index in [1.54, 1.807) is 13.2 Å². The van der Waals surface area contributed by atoms with Gasteiger partial charge in [-0.1, -0.05) is 61.8 Å². The van der Waals surface area contributed by atoms with Crippen molar-refractivity contribution in [2.24, 2.45) is 7.05 Å². The van der Waals surface area contributed by atoms with Gasteiger partial charge in [0.05, 0.1) is 29.4 Å². The van der Waals surface area contributed by atoms with E-state index in [1.807, 2.05) is 42.5 Å². The van der Waals surface area contributed by atoms with Gasteiger partial charge in [0, 0.05) is 30.6 Å². The lowest BCUT2D eigenvalue weighted by atomic mass is 9.90. The van der Waals surface area contributed by atoms with Crippen LogP contribution in [0.25, 0.3) is 22.2 Å².